The molecule has 0 unspecified atom stereocenters. The Morgan fingerprint density at radius 1 is 1.42 bits per heavy atom. The van der Waals surface area contributed by atoms with Crippen molar-refractivity contribution in [3.05, 3.63) is 23.8 Å². The van der Waals surface area contributed by atoms with E-state index in [9.17, 15) is 8.42 Å². The lowest BCUT2D eigenvalue weighted by atomic mass is 10.1. The summed E-state index contributed by atoms with van der Waals surface area (Å²) < 4.78 is 32.7. The highest BCUT2D eigenvalue weighted by molar-refractivity contribution is 7.89. The highest BCUT2D eigenvalue weighted by Gasteiger charge is 2.25. The van der Waals surface area contributed by atoms with Gasteiger partial charge in [0.15, 0.2) is 0 Å². The highest BCUT2D eigenvalue weighted by Crippen LogP contribution is 2.27. The predicted octanol–water partition coefficient (Wildman–Crippen LogP) is 1.03. The maximum Gasteiger partial charge on any atom is 0.241 e. The van der Waals surface area contributed by atoms with Gasteiger partial charge in [-0.15, -0.1) is 0 Å². The first-order valence-electron chi connectivity index (χ1n) is 6.34. The molecule has 0 atom stereocenters. The maximum absolute atomic E-state index is 12.3. The van der Waals surface area contributed by atoms with Crippen LogP contribution in [0.2, 0.25) is 0 Å². The van der Waals surface area contributed by atoms with Gasteiger partial charge >= 0.3 is 0 Å². The van der Waals surface area contributed by atoms with E-state index < -0.39 is 15.6 Å². The van der Waals surface area contributed by atoms with Crippen molar-refractivity contribution in [2.24, 2.45) is 5.73 Å². The summed E-state index contributed by atoms with van der Waals surface area (Å²) in [5, 5.41) is 0. The van der Waals surface area contributed by atoms with Crippen LogP contribution in [0.25, 0.3) is 0 Å². The summed E-state index contributed by atoms with van der Waals surface area (Å²) >= 11 is 0. The molecular formula is C13H20N2O3S. The standard InChI is InChI=1S/C13H20N2O3S/c1-13(2,9-14)15-19(16,17)11-5-6-12-10(8-11)4-3-7-18-12/h5-6,8,15H,3-4,7,9,14H2,1-2H3. The summed E-state index contributed by atoms with van der Waals surface area (Å²) in [5.74, 6) is 0.781. The van der Waals surface area contributed by atoms with Gasteiger partial charge < -0.3 is 10.5 Å². The van der Waals surface area contributed by atoms with Crippen molar-refractivity contribution in [2.45, 2.75) is 37.1 Å². The van der Waals surface area contributed by atoms with Crippen LogP contribution < -0.4 is 15.2 Å². The molecule has 2 rings (SSSR count). The van der Waals surface area contributed by atoms with E-state index in [1.807, 2.05) is 0 Å². The van der Waals surface area contributed by atoms with Crippen molar-refractivity contribution in [3.63, 3.8) is 0 Å². The van der Waals surface area contributed by atoms with Gasteiger partial charge in [-0.1, -0.05) is 0 Å². The average molecular weight is 284 g/mol. The van der Waals surface area contributed by atoms with Gasteiger partial charge in [0, 0.05) is 12.1 Å². The van der Waals surface area contributed by atoms with Crippen molar-refractivity contribution < 1.29 is 13.2 Å². The van der Waals surface area contributed by atoms with Crippen molar-refractivity contribution >= 4 is 10.0 Å². The van der Waals surface area contributed by atoms with Crippen LogP contribution in [-0.2, 0) is 16.4 Å². The SMILES string of the molecule is CC(C)(CN)NS(=O)(=O)c1ccc2c(c1)CCCO2. The Bertz CT molecular complexity index is 567. The number of nitrogens with two attached hydrogens (primary N) is 1. The molecule has 0 fully saturated rings. The molecule has 0 aliphatic carbocycles. The molecule has 0 bridgehead atoms. The van der Waals surface area contributed by atoms with Gasteiger partial charge in [-0.05, 0) is 50.5 Å². The fraction of sp³-hybridized carbons (Fsp3) is 0.538. The van der Waals surface area contributed by atoms with Crippen LogP contribution in [0.15, 0.2) is 23.1 Å². The molecular weight excluding hydrogens is 264 g/mol. The Labute approximate surface area is 114 Å². The number of ether oxygens (including phenoxy) is 1. The third-order valence-corrected chi connectivity index (χ3v) is 4.81. The van der Waals surface area contributed by atoms with Gasteiger partial charge in [-0.2, -0.15) is 0 Å². The van der Waals surface area contributed by atoms with Crippen LogP contribution in [0.5, 0.6) is 5.75 Å². The molecule has 0 amide bonds. The molecule has 6 heteroatoms. The van der Waals surface area contributed by atoms with Crippen molar-refractivity contribution in [2.75, 3.05) is 13.2 Å². The third-order valence-electron chi connectivity index (χ3n) is 3.11. The summed E-state index contributed by atoms with van der Waals surface area (Å²) in [7, 11) is -3.55. The molecule has 1 aromatic carbocycles. The van der Waals surface area contributed by atoms with Crippen LogP contribution in [0.3, 0.4) is 0 Å². The molecule has 0 spiro atoms. The van der Waals surface area contributed by atoms with Crippen LogP contribution in [-0.4, -0.2) is 27.1 Å². The number of nitrogens with one attached hydrogen (secondary N) is 1. The van der Waals surface area contributed by atoms with E-state index in [0.29, 0.717) is 6.61 Å². The molecule has 1 heterocycles. The second-order valence-corrected chi connectivity index (χ2v) is 7.10. The first kappa shape index (κ1) is 14.3. The molecule has 1 aliphatic heterocycles. The van der Waals surface area contributed by atoms with Crippen molar-refractivity contribution in [1.82, 2.24) is 4.72 Å². The lowest BCUT2D eigenvalue weighted by Gasteiger charge is -2.24. The normalized spacial score (nSPS) is 15.7. The van der Waals surface area contributed by atoms with Gasteiger partial charge in [0.2, 0.25) is 10.0 Å². The van der Waals surface area contributed by atoms with Gasteiger partial charge in [-0.25, -0.2) is 13.1 Å². The molecule has 1 aliphatic rings. The fourth-order valence-corrected chi connectivity index (χ4v) is 3.44. The zero-order chi connectivity index (χ0) is 14.1. The number of hydrogen-bond acceptors (Lipinski definition) is 4. The smallest absolute Gasteiger partial charge is 0.241 e. The Morgan fingerprint density at radius 3 is 2.84 bits per heavy atom. The molecule has 0 radical (unpaired) electrons. The number of fused-ring (bicyclic) bond motifs is 1. The van der Waals surface area contributed by atoms with E-state index in [2.05, 4.69) is 4.72 Å². The summed E-state index contributed by atoms with van der Waals surface area (Å²) in [6, 6.07) is 4.97. The lowest BCUT2D eigenvalue weighted by molar-refractivity contribution is 0.288. The molecule has 3 N–H and O–H groups in total. The van der Waals surface area contributed by atoms with Crippen molar-refractivity contribution in [1.29, 1.82) is 0 Å². The van der Waals surface area contributed by atoms with Crippen molar-refractivity contribution in [3.8, 4) is 5.75 Å². The van der Waals surface area contributed by atoms with Crippen LogP contribution >= 0.6 is 0 Å². The van der Waals surface area contributed by atoms with E-state index in [-0.39, 0.29) is 11.4 Å². The van der Waals surface area contributed by atoms with E-state index in [0.717, 1.165) is 24.2 Å². The zero-order valence-corrected chi connectivity index (χ0v) is 12.1. The first-order valence-corrected chi connectivity index (χ1v) is 7.82. The number of sulfonamides is 1. The van der Waals surface area contributed by atoms with Crippen LogP contribution in [0, 0.1) is 0 Å². The van der Waals surface area contributed by atoms with Gasteiger partial charge in [0.25, 0.3) is 0 Å². The maximum atomic E-state index is 12.3. The van der Waals surface area contributed by atoms with E-state index in [1.54, 1.807) is 32.0 Å². The third kappa shape index (κ3) is 3.26. The predicted molar refractivity (Wildman–Crippen MR) is 73.7 cm³/mol. The molecule has 5 nitrogen and oxygen atoms in total. The van der Waals surface area contributed by atoms with E-state index in [4.69, 9.17) is 10.5 Å². The van der Waals surface area contributed by atoms with Gasteiger partial charge in [-0.3, -0.25) is 0 Å². The molecule has 0 saturated carbocycles. The Morgan fingerprint density at radius 2 is 2.16 bits per heavy atom. The number of hydrogen-bond donors (Lipinski definition) is 2. The number of aryl methyl sites for hydroxylation is 1. The quantitative estimate of drug-likeness (QED) is 0.865. The summed E-state index contributed by atoms with van der Waals surface area (Å²) in [4.78, 5) is 0.262. The zero-order valence-electron chi connectivity index (χ0n) is 11.3. The average Bonchev–Trinajstić information content (AvgIpc) is 2.37. The minimum absolute atomic E-state index is 0.236. The van der Waals surface area contributed by atoms with E-state index in [1.165, 1.54) is 0 Å². The summed E-state index contributed by atoms with van der Waals surface area (Å²) in [6.07, 6.45) is 1.76. The van der Waals surface area contributed by atoms with Gasteiger partial charge in [0.1, 0.15) is 5.75 Å². The first-order chi connectivity index (χ1) is 8.84. The molecule has 0 aromatic heterocycles. The topological polar surface area (TPSA) is 81.4 Å². The minimum atomic E-state index is -3.55. The second kappa shape index (κ2) is 5.11. The Kier molecular flexibility index (Phi) is 3.85. The molecule has 0 saturated heterocycles. The van der Waals surface area contributed by atoms with Gasteiger partial charge in [0.05, 0.1) is 11.5 Å². The molecule has 19 heavy (non-hydrogen) atoms. The summed E-state index contributed by atoms with van der Waals surface area (Å²) in [6.45, 7) is 4.44. The monoisotopic (exact) mass is 284 g/mol. The summed E-state index contributed by atoms with van der Waals surface area (Å²) in [5.41, 5.74) is 5.84. The highest BCUT2D eigenvalue weighted by atomic mass is 32.2. The molecule has 106 valence electrons. The van der Waals surface area contributed by atoms with Crippen LogP contribution in [0.1, 0.15) is 25.8 Å². The number of benzene rings is 1. The number of rotatable bonds is 4. The van der Waals surface area contributed by atoms with Crippen LogP contribution in [0.4, 0.5) is 0 Å². The molecule has 1 aromatic rings. The minimum Gasteiger partial charge on any atom is -0.493 e. The largest absolute Gasteiger partial charge is 0.493 e. The lowest BCUT2D eigenvalue weighted by Crippen LogP contribution is -2.48. The fourth-order valence-electron chi connectivity index (χ4n) is 1.97. The second-order valence-electron chi connectivity index (χ2n) is 5.42. The van der Waals surface area contributed by atoms with E-state index >= 15 is 0 Å². The Balaban J connectivity index is 2.31. The Hall–Kier alpha value is -1.11.